The van der Waals surface area contributed by atoms with E-state index < -0.39 is 18.1 Å². The van der Waals surface area contributed by atoms with Gasteiger partial charge in [-0.3, -0.25) is 0 Å². The van der Waals surface area contributed by atoms with Crippen LogP contribution in [0.15, 0.2) is 75.7 Å². The summed E-state index contributed by atoms with van der Waals surface area (Å²) in [6, 6.07) is 20.5. The van der Waals surface area contributed by atoms with Crippen LogP contribution in [0.3, 0.4) is 0 Å². The highest BCUT2D eigenvalue weighted by molar-refractivity contribution is 9.13. The molecule has 0 fully saturated rings. The lowest BCUT2D eigenvalue weighted by Crippen LogP contribution is -2.42. The Hall–Kier alpha value is -2.64. The molecule has 31 heavy (non-hydrogen) atoms. The van der Waals surface area contributed by atoms with Crippen LogP contribution in [0.5, 0.6) is 0 Å². The van der Waals surface area contributed by atoms with Gasteiger partial charge in [-0.05, 0) is 71.8 Å². The second-order valence-electron chi connectivity index (χ2n) is 7.31. The van der Waals surface area contributed by atoms with Gasteiger partial charge in [-0.25, -0.2) is 9.59 Å². The number of carbonyl (C=O) groups excluding carboxylic acids is 1. The minimum absolute atomic E-state index is 0.0798. The van der Waals surface area contributed by atoms with E-state index in [9.17, 15) is 14.7 Å². The highest BCUT2D eigenvalue weighted by Gasteiger charge is 2.29. The van der Waals surface area contributed by atoms with Gasteiger partial charge in [0.1, 0.15) is 12.6 Å². The normalized spacial score (nSPS) is 13.2. The van der Waals surface area contributed by atoms with Gasteiger partial charge >= 0.3 is 12.1 Å². The zero-order valence-electron chi connectivity index (χ0n) is 16.3. The van der Waals surface area contributed by atoms with Crippen molar-refractivity contribution in [2.24, 2.45) is 0 Å². The molecule has 5 nitrogen and oxygen atoms in total. The fraction of sp³-hybridized carbons (Fsp3) is 0.167. The Morgan fingerprint density at radius 2 is 1.55 bits per heavy atom. The monoisotopic (exact) mass is 543 g/mol. The summed E-state index contributed by atoms with van der Waals surface area (Å²) >= 11 is 6.79. The Balaban J connectivity index is 1.43. The number of hydrogen-bond acceptors (Lipinski definition) is 3. The first kappa shape index (κ1) is 21.6. The van der Waals surface area contributed by atoms with Crippen LogP contribution in [0.4, 0.5) is 4.79 Å². The van der Waals surface area contributed by atoms with E-state index in [1.54, 1.807) is 0 Å². The van der Waals surface area contributed by atoms with Crippen molar-refractivity contribution < 1.29 is 19.4 Å². The average Bonchev–Trinajstić information content (AvgIpc) is 3.08. The minimum Gasteiger partial charge on any atom is -0.480 e. The SMILES string of the molecule is O=C(NC(Cc1ccc(Br)c(Br)c1)C(=O)O)OCC1c2ccccc2-c2ccccc21. The Bertz CT molecular complexity index is 1100. The van der Waals surface area contributed by atoms with Crippen LogP contribution in [0.25, 0.3) is 11.1 Å². The van der Waals surface area contributed by atoms with Gasteiger partial charge in [0.2, 0.25) is 0 Å². The van der Waals surface area contributed by atoms with Crippen LogP contribution in [0.1, 0.15) is 22.6 Å². The molecule has 0 aromatic heterocycles. The van der Waals surface area contributed by atoms with E-state index in [2.05, 4.69) is 49.3 Å². The number of rotatable bonds is 6. The second-order valence-corrected chi connectivity index (χ2v) is 9.02. The summed E-state index contributed by atoms with van der Waals surface area (Å²) in [4.78, 5) is 24.1. The number of hydrogen-bond donors (Lipinski definition) is 2. The molecule has 1 unspecified atom stereocenters. The van der Waals surface area contributed by atoms with Crippen molar-refractivity contribution >= 4 is 43.9 Å². The van der Waals surface area contributed by atoms with E-state index in [-0.39, 0.29) is 18.9 Å². The summed E-state index contributed by atoms with van der Waals surface area (Å²) in [5.74, 6) is -1.20. The van der Waals surface area contributed by atoms with Crippen molar-refractivity contribution in [1.29, 1.82) is 0 Å². The van der Waals surface area contributed by atoms with Crippen LogP contribution in [0, 0.1) is 0 Å². The molecular weight excluding hydrogens is 526 g/mol. The molecule has 0 bridgehead atoms. The van der Waals surface area contributed by atoms with Crippen molar-refractivity contribution in [3.63, 3.8) is 0 Å². The number of carbonyl (C=O) groups is 2. The topological polar surface area (TPSA) is 75.6 Å². The lowest BCUT2D eigenvalue weighted by atomic mass is 9.98. The lowest BCUT2D eigenvalue weighted by molar-refractivity contribution is -0.139. The molecule has 158 valence electrons. The molecule has 3 aromatic rings. The van der Waals surface area contributed by atoms with Gasteiger partial charge in [0.05, 0.1) is 0 Å². The van der Waals surface area contributed by atoms with E-state index in [0.717, 1.165) is 36.8 Å². The number of amides is 1. The smallest absolute Gasteiger partial charge is 0.407 e. The predicted molar refractivity (Wildman–Crippen MR) is 125 cm³/mol. The van der Waals surface area contributed by atoms with Crippen LogP contribution >= 0.6 is 31.9 Å². The standard InChI is InChI=1S/C24H19Br2NO4/c25-20-10-9-14(11-21(20)26)12-22(23(28)29)27-24(30)31-13-19-17-7-3-1-5-15(17)16-6-2-4-8-18(16)19/h1-11,19,22H,12-13H2,(H,27,30)(H,28,29). The first-order valence-corrected chi connectivity index (χ1v) is 11.3. The fourth-order valence-electron chi connectivity index (χ4n) is 3.88. The predicted octanol–water partition coefficient (Wildman–Crippen LogP) is 5.75. The average molecular weight is 545 g/mol. The summed E-state index contributed by atoms with van der Waals surface area (Å²) in [6.07, 6.45) is -0.601. The Kier molecular flexibility index (Phi) is 6.43. The van der Waals surface area contributed by atoms with E-state index in [1.165, 1.54) is 0 Å². The molecule has 0 spiro atoms. The first-order valence-electron chi connectivity index (χ1n) is 9.72. The maximum Gasteiger partial charge on any atom is 0.407 e. The van der Waals surface area contributed by atoms with Gasteiger partial charge in [0.15, 0.2) is 0 Å². The van der Waals surface area contributed by atoms with Gasteiger partial charge in [-0.1, -0.05) is 54.6 Å². The zero-order chi connectivity index (χ0) is 22.0. The van der Waals surface area contributed by atoms with Crippen LogP contribution in [-0.2, 0) is 16.0 Å². The molecule has 1 amide bonds. The van der Waals surface area contributed by atoms with Gasteiger partial charge < -0.3 is 15.2 Å². The zero-order valence-corrected chi connectivity index (χ0v) is 19.5. The molecule has 0 radical (unpaired) electrons. The number of alkyl carbamates (subject to hydrolysis) is 1. The molecule has 4 rings (SSSR count). The second kappa shape index (κ2) is 9.24. The minimum atomic E-state index is -1.12. The number of benzene rings is 3. The third-order valence-electron chi connectivity index (χ3n) is 5.36. The van der Waals surface area contributed by atoms with E-state index in [0.29, 0.717) is 0 Å². The van der Waals surface area contributed by atoms with Crippen molar-refractivity contribution in [3.05, 3.63) is 92.4 Å². The van der Waals surface area contributed by atoms with Crippen molar-refractivity contribution in [1.82, 2.24) is 5.32 Å². The summed E-state index contributed by atoms with van der Waals surface area (Å²) in [7, 11) is 0. The molecule has 2 N–H and O–H groups in total. The molecule has 0 aliphatic heterocycles. The number of nitrogens with one attached hydrogen (secondary N) is 1. The molecule has 1 aliphatic carbocycles. The number of carboxylic acid groups (broad SMARTS) is 1. The third kappa shape index (κ3) is 4.67. The molecule has 1 aliphatic rings. The highest BCUT2D eigenvalue weighted by Crippen LogP contribution is 2.44. The number of fused-ring (bicyclic) bond motifs is 3. The van der Waals surface area contributed by atoms with Crippen molar-refractivity contribution in [2.45, 2.75) is 18.4 Å². The van der Waals surface area contributed by atoms with Gasteiger partial charge in [0.25, 0.3) is 0 Å². The molecule has 1 atom stereocenters. The van der Waals surface area contributed by atoms with E-state index >= 15 is 0 Å². The maximum absolute atomic E-state index is 12.4. The summed E-state index contributed by atoms with van der Waals surface area (Å²) in [6.45, 7) is 0.135. The molecule has 0 saturated carbocycles. The first-order chi connectivity index (χ1) is 14.9. The Morgan fingerprint density at radius 3 is 2.13 bits per heavy atom. The quantitative estimate of drug-likeness (QED) is 0.414. The van der Waals surface area contributed by atoms with Gasteiger partial charge in [-0.15, -0.1) is 0 Å². The summed E-state index contributed by atoms with van der Waals surface area (Å²) in [5.41, 5.74) is 5.26. The Labute approximate surface area is 196 Å². The summed E-state index contributed by atoms with van der Waals surface area (Å²) in [5, 5.41) is 12.0. The molecular formula is C24H19Br2NO4. The molecule has 7 heteroatoms. The molecule has 0 saturated heterocycles. The number of carboxylic acids is 1. The van der Waals surface area contributed by atoms with Gasteiger partial charge in [0, 0.05) is 21.3 Å². The van der Waals surface area contributed by atoms with E-state index in [4.69, 9.17) is 4.74 Å². The van der Waals surface area contributed by atoms with Crippen LogP contribution in [-0.4, -0.2) is 29.8 Å². The lowest BCUT2D eigenvalue weighted by Gasteiger charge is -2.17. The number of aliphatic carboxylic acids is 1. The molecule has 3 aromatic carbocycles. The van der Waals surface area contributed by atoms with Gasteiger partial charge in [-0.2, -0.15) is 0 Å². The highest BCUT2D eigenvalue weighted by atomic mass is 79.9. The molecule has 0 heterocycles. The van der Waals surface area contributed by atoms with Crippen LogP contribution < -0.4 is 5.32 Å². The Morgan fingerprint density at radius 1 is 0.935 bits per heavy atom. The van der Waals surface area contributed by atoms with Crippen LogP contribution in [0.2, 0.25) is 0 Å². The fourth-order valence-corrected chi connectivity index (χ4v) is 4.56. The van der Waals surface area contributed by atoms with Crippen molar-refractivity contribution in [3.8, 4) is 11.1 Å². The third-order valence-corrected chi connectivity index (χ3v) is 7.24. The maximum atomic E-state index is 12.4. The number of halogens is 2. The largest absolute Gasteiger partial charge is 0.480 e. The van der Waals surface area contributed by atoms with Crippen molar-refractivity contribution in [2.75, 3.05) is 6.61 Å². The summed E-state index contributed by atoms with van der Waals surface area (Å²) < 4.78 is 7.15. The van der Waals surface area contributed by atoms with E-state index in [1.807, 2.05) is 54.6 Å². The number of ether oxygens (including phenoxy) is 1.